The van der Waals surface area contributed by atoms with E-state index in [0.29, 0.717) is 5.56 Å². The lowest BCUT2D eigenvalue weighted by Gasteiger charge is -2.50. The lowest BCUT2D eigenvalue weighted by atomic mass is 9.58. The number of likely N-dealkylation sites (tertiary alicyclic amines) is 1. The molecule has 4 aliphatic rings. The van der Waals surface area contributed by atoms with Gasteiger partial charge in [-0.15, -0.1) is 0 Å². The second-order valence-electron chi connectivity index (χ2n) is 11.2. The molecule has 38 heavy (non-hydrogen) atoms. The quantitative estimate of drug-likeness (QED) is 0.241. The van der Waals surface area contributed by atoms with Crippen molar-refractivity contribution in [2.24, 2.45) is 17.6 Å². The number of carbonyl (C=O) groups excluding carboxylic acids is 3. The fraction of sp³-hybridized carbons (Fsp3) is 0.519. The van der Waals surface area contributed by atoms with Crippen LogP contribution in [0.4, 0.5) is 5.69 Å². The smallest absolute Gasteiger partial charge is 0.255 e. The van der Waals surface area contributed by atoms with Crippen LogP contribution < -0.4 is 11.1 Å². The number of phenols is 1. The third-order valence-corrected chi connectivity index (χ3v) is 8.68. The molecule has 7 N–H and O–H groups in total. The SMILES string of the molecule is CN1CCC(Nc2ccc(O)c3c2C[C@H]2C[C@H]4[C@H](N(C)C)C(O)=C(C(N)=O)C(=O)[C@@]4(O)C(O)=C2C3=O)CC1. The van der Waals surface area contributed by atoms with Crippen LogP contribution in [0.5, 0.6) is 5.75 Å². The van der Waals surface area contributed by atoms with E-state index in [1.165, 1.54) is 11.0 Å². The molecule has 1 fully saturated rings. The highest BCUT2D eigenvalue weighted by Crippen LogP contribution is 2.52. The molecule has 1 aliphatic heterocycles. The van der Waals surface area contributed by atoms with Gasteiger partial charge in [0.1, 0.15) is 22.8 Å². The maximum Gasteiger partial charge on any atom is 0.255 e. The van der Waals surface area contributed by atoms with Crippen LogP contribution in [0.15, 0.2) is 34.8 Å². The summed E-state index contributed by atoms with van der Waals surface area (Å²) in [6.45, 7) is 1.87. The number of nitrogens with zero attached hydrogens (tertiary/aromatic N) is 2. The predicted molar refractivity (Wildman–Crippen MR) is 138 cm³/mol. The zero-order valence-electron chi connectivity index (χ0n) is 21.7. The molecule has 0 bridgehead atoms. The van der Waals surface area contributed by atoms with Crippen LogP contribution in [0.2, 0.25) is 0 Å². The number of likely N-dealkylation sites (N-methyl/N-ethyl adjacent to an activating group) is 1. The van der Waals surface area contributed by atoms with Crippen LogP contribution in [0.1, 0.15) is 35.2 Å². The Bertz CT molecular complexity index is 1290. The van der Waals surface area contributed by atoms with Crippen molar-refractivity contribution in [3.8, 4) is 5.75 Å². The molecule has 0 saturated carbocycles. The Labute approximate surface area is 220 Å². The number of nitrogens with one attached hydrogen (secondary N) is 1. The second-order valence-corrected chi connectivity index (χ2v) is 11.2. The van der Waals surface area contributed by atoms with Crippen molar-refractivity contribution in [2.75, 3.05) is 39.5 Å². The average Bonchev–Trinajstić information content (AvgIpc) is 2.84. The van der Waals surface area contributed by atoms with E-state index in [2.05, 4.69) is 17.3 Å². The van der Waals surface area contributed by atoms with E-state index in [1.54, 1.807) is 20.2 Å². The zero-order valence-corrected chi connectivity index (χ0v) is 21.7. The number of ketones is 2. The van der Waals surface area contributed by atoms with Gasteiger partial charge in [0.15, 0.2) is 11.4 Å². The minimum atomic E-state index is -2.63. The van der Waals surface area contributed by atoms with Crippen molar-refractivity contribution in [1.82, 2.24) is 9.80 Å². The van der Waals surface area contributed by atoms with Gasteiger partial charge in [0, 0.05) is 23.2 Å². The highest BCUT2D eigenvalue weighted by Gasteiger charge is 2.63. The maximum atomic E-state index is 13.8. The molecule has 1 heterocycles. The second kappa shape index (κ2) is 9.11. The van der Waals surface area contributed by atoms with Gasteiger partial charge in [-0.2, -0.15) is 0 Å². The first-order valence-corrected chi connectivity index (χ1v) is 12.8. The fourth-order valence-electron chi connectivity index (χ4n) is 6.76. The molecule has 11 nitrogen and oxygen atoms in total. The first-order valence-electron chi connectivity index (χ1n) is 12.8. The summed E-state index contributed by atoms with van der Waals surface area (Å²) in [5.41, 5.74) is 3.12. The number of primary amides is 1. The molecule has 1 aromatic rings. The maximum absolute atomic E-state index is 13.8. The van der Waals surface area contributed by atoms with Crippen LogP contribution in [-0.2, 0) is 16.0 Å². The van der Waals surface area contributed by atoms with Crippen molar-refractivity contribution in [2.45, 2.75) is 43.4 Å². The molecule has 1 aromatic carbocycles. The fourth-order valence-corrected chi connectivity index (χ4v) is 6.76. The lowest BCUT2D eigenvalue weighted by Crippen LogP contribution is -2.63. The van der Waals surface area contributed by atoms with Crippen molar-refractivity contribution < 1.29 is 34.8 Å². The minimum Gasteiger partial charge on any atom is -0.510 e. The van der Waals surface area contributed by atoms with Gasteiger partial charge in [-0.3, -0.25) is 19.3 Å². The zero-order chi connectivity index (χ0) is 27.7. The highest BCUT2D eigenvalue weighted by atomic mass is 16.3. The molecular weight excluding hydrogens is 492 g/mol. The van der Waals surface area contributed by atoms with Crippen molar-refractivity contribution in [3.05, 3.63) is 45.9 Å². The van der Waals surface area contributed by atoms with Gasteiger partial charge in [0.05, 0.1) is 11.6 Å². The molecule has 0 aromatic heterocycles. The van der Waals surface area contributed by atoms with Crippen molar-refractivity contribution in [3.63, 3.8) is 0 Å². The van der Waals surface area contributed by atoms with Crippen molar-refractivity contribution >= 4 is 23.2 Å². The number of fused-ring (bicyclic) bond motifs is 3. The number of benzene rings is 1. The number of aliphatic hydroxyl groups is 3. The van der Waals surface area contributed by atoms with Gasteiger partial charge in [-0.1, -0.05) is 0 Å². The van der Waals surface area contributed by atoms with Gasteiger partial charge >= 0.3 is 0 Å². The Kier molecular flexibility index (Phi) is 6.28. The number of hydrogen-bond donors (Lipinski definition) is 6. The predicted octanol–water partition coefficient (Wildman–Crippen LogP) is 0.627. The average molecular weight is 527 g/mol. The number of rotatable bonds is 4. The van der Waals surface area contributed by atoms with Crippen LogP contribution >= 0.6 is 0 Å². The number of Topliss-reactive ketones (excluding diaryl/α,β-unsaturated/α-hetero) is 2. The Morgan fingerprint density at radius 1 is 1.16 bits per heavy atom. The van der Waals surface area contributed by atoms with Gasteiger partial charge in [-0.05, 0) is 83.5 Å². The van der Waals surface area contributed by atoms with Crippen LogP contribution in [-0.4, -0.2) is 99.6 Å². The summed E-state index contributed by atoms with van der Waals surface area (Å²) in [5, 5.41) is 48.1. The summed E-state index contributed by atoms with van der Waals surface area (Å²) in [7, 11) is 5.28. The number of anilines is 1. The molecule has 1 amide bonds. The molecule has 0 unspecified atom stereocenters. The number of piperidine rings is 1. The number of carbonyl (C=O) groups is 3. The first kappa shape index (κ1) is 26.2. The Hall–Kier alpha value is -3.41. The van der Waals surface area contributed by atoms with Gasteiger partial charge in [0.25, 0.3) is 5.91 Å². The standard InChI is InChI=1S/C27H34N4O7/c1-30(2)21-15-11-12-10-14-16(29-13-6-8-31(3)9-7-13)4-5-17(32)19(14)22(33)18(12)24(35)27(15,38)25(36)20(23(21)34)26(28)37/h4-5,12-13,15,21,29,32,34-35,38H,6-11H2,1-3H3,(H2,28,37)/t12-,15-,21-,27-/m0/s1. The largest absolute Gasteiger partial charge is 0.510 e. The molecule has 11 heteroatoms. The number of amides is 1. The Balaban J connectivity index is 1.61. The number of nitrogens with two attached hydrogens (primary N) is 1. The van der Waals surface area contributed by atoms with Crippen LogP contribution in [0.25, 0.3) is 0 Å². The molecule has 3 aliphatic carbocycles. The van der Waals surface area contributed by atoms with E-state index in [-0.39, 0.29) is 35.8 Å². The normalized spacial score (nSPS) is 30.3. The molecule has 0 spiro atoms. The van der Waals surface area contributed by atoms with E-state index in [1.807, 2.05) is 0 Å². The van der Waals surface area contributed by atoms with Crippen LogP contribution in [0.3, 0.4) is 0 Å². The van der Waals surface area contributed by atoms with Gasteiger partial charge in [-0.25, -0.2) is 0 Å². The number of phenolic OH excluding ortho intramolecular Hbond substituents is 1. The highest BCUT2D eigenvalue weighted by molar-refractivity contribution is 6.24. The molecule has 0 radical (unpaired) electrons. The van der Waals surface area contributed by atoms with E-state index in [9.17, 15) is 34.8 Å². The summed E-state index contributed by atoms with van der Waals surface area (Å²) in [6, 6.07) is 2.35. The molecular formula is C27H34N4O7. The van der Waals surface area contributed by atoms with E-state index >= 15 is 0 Å². The Morgan fingerprint density at radius 3 is 2.42 bits per heavy atom. The van der Waals surface area contributed by atoms with Crippen molar-refractivity contribution in [1.29, 1.82) is 0 Å². The Morgan fingerprint density at radius 2 is 1.82 bits per heavy atom. The number of aromatic hydroxyl groups is 1. The summed E-state index contributed by atoms with van der Waals surface area (Å²) in [4.78, 5) is 43.0. The summed E-state index contributed by atoms with van der Waals surface area (Å²) < 4.78 is 0. The summed E-state index contributed by atoms with van der Waals surface area (Å²) >= 11 is 0. The van der Waals surface area contributed by atoms with E-state index in [4.69, 9.17) is 5.73 Å². The number of hydrogen-bond acceptors (Lipinski definition) is 10. The molecule has 4 atom stereocenters. The van der Waals surface area contributed by atoms with Crippen LogP contribution in [0, 0.1) is 11.8 Å². The summed E-state index contributed by atoms with van der Waals surface area (Å²) in [6.07, 6.45) is 2.17. The third-order valence-electron chi connectivity index (χ3n) is 8.68. The first-order chi connectivity index (χ1) is 17.9. The molecule has 5 rings (SSSR count). The number of allylic oxidation sites excluding steroid dienone is 1. The topological polar surface area (TPSA) is 177 Å². The van der Waals surface area contributed by atoms with E-state index in [0.717, 1.165) is 31.6 Å². The minimum absolute atomic E-state index is 0.0173. The lowest BCUT2D eigenvalue weighted by molar-refractivity contribution is -0.148. The van der Waals surface area contributed by atoms with Gasteiger partial charge < -0.3 is 36.4 Å². The third kappa shape index (κ3) is 3.71. The van der Waals surface area contributed by atoms with E-state index < -0.39 is 58.0 Å². The summed E-state index contributed by atoms with van der Waals surface area (Å²) in [5.74, 6) is -6.50. The monoisotopic (exact) mass is 526 g/mol. The molecule has 1 saturated heterocycles. The van der Waals surface area contributed by atoms with Gasteiger partial charge in [0.2, 0.25) is 5.78 Å². The number of aliphatic hydroxyl groups excluding tert-OH is 2. The molecule has 204 valence electrons.